The highest BCUT2D eigenvalue weighted by Gasteiger charge is 1.95. The van der Waals surface area contributed by atoms with E-state index in [-0.39, 0.29) is 0 Å². The van der Waals surface area contributed by atoms with E-state index >= 15 is 0 Å². The van der Waals surface area contributed by atoms with Crippen LogP contribution in [0.2, 0.25) is 0 Å². The molecule has 0 saturated heterocycles. The Bertz CT molecular complexity index is 395. The van der Waals surface area contributed by atoms with Crippen LogP contribution >= 0.6 is 0 Å². The SMILES string of the molecule is CCCCCCCOCCOCCONc1ccc(C=O)cc1. The molecule has 0 aliphatic rings. The number of benzene rings is 1. The molecule has 0 fully saturated rings. The third kappa shape index (κ3) is 10.8. The van der Waals surface area contributed by atoms with E-state index in [0.717, 1.165) is 25.0 Å². The molecular formula is C18H29NO4. The quantitative estimate of drug-likeness (QED) is 0.302. The molecule has 23 heavy (non-hydrogen) atoms. The third-order valence-electron chi connectivity index (χ3n) is 3.33. The first-order valence-electron chi connectivity index (χ1n) is 8.45. The van der Waals surface area contributed by atoms with E-state index in [2.05, 4.69) is 12.4 Å². The highest BCUT2D eigenvalue weighted by molar-refractivity contribution is 5.75. The van der Waals surface area contributed by atoms with Gasteiger partial charge in [-0.25, -0.2) is 0 Å². The van der Waals surface area contributed by atoms with Gasteiger partial charge in [-0.15, -0.1) is 0 Å². The molecule has 1 rings (SSSR count). The summed E-state index contributed by atoms with van der Waals surface area (Å²) < 4.78 is 10.9. The Labute approximate surface area is 139 Å². The van der Waals surface area contributed by atoms with Crippen LogP contribution in [0, 0.1) is 0 Å². The van der Waals surface area contributed by atoms with Gasteiger partial charge in [-0.1, -0.05) is 32.6 Å². The van der Waals surface area contributed by atoms with Crippen molar-refractivity contribution in [1.29, 1.82) is 0 Å². The summed E-state index contributed by atoms with van der Waals surface area (Å²) in [5.74, 6) is 0. The van der Waals surface area contributed by atoms with Crippen LogP contribution in [0.3, 0.4) is 0 Å². The molecule has 1 N–H and O–H groups in total. The minimum absolute atomic E-state index is 0.451. The molecule has 5 nitrogen and oxygen atoms in total. The zero-order chi connectivity index (χ0) is 16.6. The molecule has 1 aromatic carbocycles. The molecule has 0 amide bonds. The van der Waals surface area contributed by atoms with Gasteiger partial charge in [0.1, 0.15) is 6.29 Å². The van der Waals surface area contributed by atoms with Gasteiger partial charge in [-0.3, -0.25) is 15.1 Å². The fraction of sp³-hybridized carbons (Fsp3) is 0.611. The van der Waals surface area contributed by atoms with Crippen LogP contribution in [0.4, 0.5) is 5.69 Å². The van der Waals surface area contributed by atoms with Gasteiger partial charge < -0.3 is 9.47 Å². The Balaban J connectivity index is 1.83. The lowest BCUT2D eigenvalue weighted by molar-refractivity contribution is 0.0235. The van der Waals surface area contributed by atoms with Crippen molar-refractivity contribution in [3.8, 4) is 0 Å². The molecule has 0 aliphatic heterocycles. The number of carbonyl (C=O) groups excluding carboxylic acids is 1. The number of ether oxygens (including phenoxy) is 2. The van der Waals surface area contributed by atoms with Crippen LogP contribution in [0.25, 0.3) is 0 Å². The monoisotopic (exact) mass is 323 g/mol. The largest absolute Gasteiger partial charge is 0.379 e. The second-order valence-electron chi connectivity index (χ2n) is 5.33. The van der Waals surface area contributed by atoms with E-state index in [1.165, 1.54) is 25.7 Å². The molecule has 0 radical (unpaired) electrons. The van der Waals surface area contributed by atoms with Crippen LogP contribution < -0.4 is 5.48 Å². The van der Waals surface area contributed by atoms with Gasteiger partial charge in [-0.2, -0.15) is 0 Å². The molecule has 5 heteroatoms. The molecule has 130 valence electrons. The minimum atomic E-state index is 0.451. The Kier molecular flexibility index (Phi) is 12.1. The van der Waals surface area contributed by atoms with Gasteiger partial charge in [-0.05, 0) is 30.7 Å². The number of rotatable bonds is 15. The molecule has 0 bridgehead atoms. The fourth-order valence-electron chi connectivity index (χ4n) is 1.99. The number of nitrogens with one attached hydrogen (secondary N) is 1. The van der Waals surface area contributed by atoms with Crippen molar-refractivity contribution in [2.45, 2.75) is 39.0 Å². The van der Waals surface area contributed by atoms with Gasteiger partial charge in [0.05, 0.1) is 32.1 Å². The first-order chi connectivity index (χ1) is 11.4. The molecule has 0 saturated carbocycles. The third-order valence-corrected chi connectivity index (χ3v) is 3.33. The van der Waals surface area contributed by atoms with Crippen molar-refractivity contribution in [3.63, 3.8) is 0 Å². The van der Waals surface area contributed by atoms with Crippen molar-refractivity contribution < 1.29 is 19.1 Å². The molecule has 0 atom stereocenters. The van der Waals surface area contributed by atoms with E-state index in [0.29, 0.717) is 32.0 Å². The van der Waals surface area contributed by atoms with Gasteiger partial charge in [0, 0.05) is 12.2 Å². The number of anilines is 1. The highest BCUT2D eigenvalue weighted by atomic mass is 16.7. The molecule has 0 aliphatic carbocycles. The summed E-state index contributed by atoms with van der Waals surface area (Å²) in [5.41, 5.74) is 4.25. The summed E-state index contributed by atoms with van der Waals surface area (Å²) >= 11 is 0. The predicted octanol–water partition coefficient (Wildman–Crippen LogP) is 3.85. The molecule has 0 aromatic heterocycles. The predicted molar refractivity (Wildman–Crippen MR) is 91.8 cm³/mol. The maximum absolute atomic E-state index is 10.5. The zero-order valence-corrected chi connectivity index (χ0v) is 14.1. The van der Waals surface area contributed by atoms with E-state index in [1.54, 1.807) is 24.3 Å². The lowest BCUT2D eigenvalue weighted by Crippen LogP contribution is -2.12. The minimum Gasteiger partial charge on any atom is -0.379 e. The van der Waals surface area contributed by atoms with Crippen molar-refractivity contribution in [2.75, 3.05) is 38.5 Å². The van der Waals surface area contributed by atoms with Crippen molar-refractivity contribution in [2.24, 2.45) is 0 Å². The molecular weight excluding hydrogens is 294 g/mol. The van der Waals surface area contributed by atoms with Crippen molar-refractivity contribution in [3.05, 3.63) is 29.8 Å². The standard InChI is InChI=1S/C18H29NO4/c1-2-3-4-5-6-11-21-12-13-22-14-15-23-19-18-9-7-17(16-20)8-10-18/h7-10,16,19H,2-6,11-15H2,1H3. The van der Waals surface area contributed by atoms with E-state index < -0.39 is 0 Å². The Hall–Kier alpha value is -1.43. The van der Waals surface area contributed by atoms with E-state index in [1.807, 2.05) is 0 Å². The van der Waals surface area contributed by atoms with Crippen LogP contribution in [-0.2, 0) is 14.3 Å². The van der Waals surface area contributed by atoms with Gasteiger partial charge in [0.2, 0.25) is 0 Å². The van der Waals surface area contributed by atoms with Crippen LogP contribution in [0.5, 0.6) is 0 Å². The first-order valence-corrected chi connectivity index (χ1v) is 8.45. The number of hydrogen-bond donors (Lipinski definition) is 1. The van der Waals surface area contributed by atoms with Crippen LogP contribution in [0.1, 0.15) is 49.4 Å². The molecule has 0 unspecified atom stereocenters. The summed E-state index contributed by atoms with van der Waals surface area (Å²) in [7, 11) is 0. The summed E-state index contributed by atoms with van der Waals surface area (Å²) in [4.78, 5) is 15.8. The number of hydrogen-bond acceptors (Lipinski definition) is 5. The van der Waals surface area contributed by atoms with E-state index in [4.69, 9.17) is 14.3 Å². The summed E-state index contributed by atoms with van der Waals surface area (Å²) in [6.45, 7) is 5.23. The normalized spacial score (nSPS) is 10.7. The zero-order valence-electron chi connectivity index (χ0n) is 14.1. The molecule has 0 spiro atoms. The number of unbranched alkanes of at least 4 members (excludes halogenated alkanes) is 4. The lowest BCUT2D eigenvalue weighted by Gasteiger charge is -2.08. The Morgan fingerprint density at radius 3 is 2.22 bits per heavy atom. The first kappa shape index (κ1) is 19.6. The van der Waals surface area contributed by atoms with Gasteiger partial charge in [0.25, 0.3) is 0 Å². The van der Waals surface area contributed by atoms with E-state index in [9.17, 15) is 4.79 Å². The number of aldehydes is 1. The van der Waals surface area contributed by atoms with Crippen molar-refractivity contribution >= 4 is 12.0 Å². The average molecular weight is 323 g/mol. The summed E-state index contributed by atoms with van der Waals surface area (Å²) in [6.07, 6.45) is 7.09. The molecule has 0 heterocycles. The second kappa shape index (κ2) is 14.2. The summed E-state index contributed by atoms with van der Waals surface area (Å²) in [5, 5.41) is 0. The highest BCUT2D eigenvalue weighted by Crippen LogP contribution is 2.07. The molecule has 1 aromatic rings. The lowest BCUT2D eigenvalue weighted by atomic mass is 10.2. The summed E-state index contributed by atoms with van der Waals surface area (Å²) in [6, 6.07) is 7.04. The fourth-order valence-corrected chi connectivity index (χ4v) is 1.99. The smallest absolute Gasteiger partial charge is 0.150 e. The van der Waals surface area contributed by atoms with Crippen LogP contribution in [0.15, 0.2) is 24.3 Å². The number of carbonyl (C=O) groups is 1. The second-order valence-corrected chi connectivity index (χ2v) is 5.33. The maximum Gasteiger partial charge on any atom is 0.150 e. The maximum atomic E-state index is 10.5. The van der Waals surface area contributed by atoms with Crippen LogP contribution in [-0.4, -0.2) is 39.3 Å². The van der Waals surface area contributed by atoms with Gasteiger partial charge >= 0.3 is 0 Å². The average Bonchev–Trinajstić information content (AvgIpc) is 2.59. The Morgan fingerprint density at radius 1 is 0.870 bits per heavy atom. The van der Waals surface area contributed by atoms with Gasteiger partial charge in [0.15, 0.2) is 0 Å². The Morgan fingerprint density at radius 2 is 1.52 bits per heavy atom. The topological polar surface area (TPSA) is 56.8 Å². The van der Waals surface area contributed by atoms with Crippen molar-refractivity contribution in [1.82, 2.24) is 0 Å².